The van der Waals surface area contributed by atoms with E-state index in [0.717, 1.165) is 12.8 Å². The summed E-state index contributed by atoms with van der Waals surface area (Å²) in [6.07, 6.45) is -0.938. The SMILES string of the molecule is O=C1CCCC/C1=C\c1c(C(F)(F)F)nn(-c2ccccc2)c1-c1ccc(Cl)cc1. The molecule has 0 unspecified atom stereocenters. The number of aromatic nitrogens is 2. The fourth-order valence-corrected chi connectivity index (χ4v) is 3.77. The third-order valence-electron chi connectivity index (χ3n) is 5.09. The number of hydrogen-bond acceptors (Lipinski definition) is 2. The summed E-state index contributed by atoms with van der Waals surface area (Å²) in [6.45, 7) is 0. The van der Waals surface area contributed by atoms with E-state index in [0.29, 0.717) is 34.7 Å². The topological polar surface area (TPSA) is 34.9 Å². The number of hydrogen-bond donors (Lipinski definition) is 0. The second kappa shape index (κ2) is 8.11. The van der Waals surface area contributed by atoms with Crippen molar-refractivity contribution in [2.75, 3.05) is 0 Å². The molecule has 154 valence electrons. The first-order chi connectivity index (χ1) is 14.3. The molecule has 0 bridgehead atoms. The van der Waals surface area contributed by atoms with E-state index in [1.54, 1.807) is 54.6 Å². The average molecular weight is 431 g/mol. The van der Waals surface area contributed by atoms with Gasteiger partial charge in [-0.2, -0.15) is 18.3 Å². The standard InChI is InChI=1S/C23H18ClF3N2O/c24-17-12-10-15(11-13-17)21-19(14-16-6-4-5-9-20(16)30)22(23(25,26)27)28-29(21)18-7-2-1-3-8-18/h1-3,7-8,10-14H,4-6,9H2/b16-14+. The summed E-state index contributed by atoms with van der Waals surface area (Å²) in [7, 11) is 0. The lowest BCUT2D eigenvalue weighted by molar-refractivity contribution is -0.141. The molecule has 0 N–H and O–H groups in total. The van der Waals surface area contributed by atoms with Gasteiger partial charge >= 0.3 is 6.18 Å². The normalized spacial score (nSPS) is 16.3. The first-order valence-corrected chi connectivity index (χ1v) is 9.98. The van der Waals surface area contributed by atoms with Gasteiger partial charge in [-0.25, -0.2) is 4.68 Å². The molecule has 0 aliphatic heterocycles. The van der Waals surface area contributed by atoms with Gasteiger partial charge in [0.2, 0.25) is 0 Å². The van der Waals surface area contributed by atoms with Gasteiger partial charge < -0.3 is 0 Å². The molecule has 0 spiro atoms. The van der Waals surface area contributed by atoms with Gasteiger partial charge in [0.25, 0.3) is 0 Å². The Morgan fingerprint density at radius 2 is 1.63 bits per heavy atom. The van der Waals surface area contributed by atoms with E-state index in [1.807, 2.05) is 0 Å². The van der Waals surface area contributed by atoms with Crippen molar-refractivity contribution in [1.29, 1.82) is 0 Å². The summed E-state index contributed by atoms with van der Waals surface area (Å²) in [5.74, 6) is -0.108. The van der Waals surface area contributed by atoms with Crippen molar-refractivity contribution in [3.8, 4) is 16.9 Å². The van der Waals surface area contributed by atoms with Crippen LogP contribution in [0.1, 0.15) is 36.9 Å². The van der Waals surface area contributed by atoms with Crippen LogP contribution in [0.4, 0.5) is 13.2 Å². The van der Waals surface area contributed by atoms with E-state index in [1.165, 1.54) is 10.8 Å². The van der Waals surface area contributed by atoms with Crippen LogP contribution in [0.15, 0.2) is 60.2 Å². The van der Waals surface area contributed by atoms with Crippen molar-refractivity contribution >= 4 is 23.5 Å². The Hall–Kier alpha value is -2.86. The summed E-state index contributed by atoms with van der Waals surface area (Å²) in [6, 6.07) is 15.2. The molecule has 0 saturated heterocycles. The molecule has 0 amide bonds. The van der Waals surface area contributed by atoms with E-state index in [9.17, 15) is 18.0 Å². The monoisotopic (exact) mass is 430 g/mol. The number of allylic oxidation sites excluding steroid dienone is 1. The first kappa shape index (κ1) is 20.4. The molecule has 0 atom stereocenters. The van der Waals surface area contributed by atoms with Gasteiger partial charge in [-0.1, -0.05) is 41.9 Å². The molecule has 3 nitrogen and oxygen atoms in total. The molecule has 7 heteroatoms. The molecular formula is C23H18ClF3N2O. The van der Waals surface area contributed by atoms with Crippen LogP contribution in [0.3, 0.4) is 0 Å². The second-order valence-corrected chi connectivity index (χ2v) is 7.60. The summed E-state index contributed by atoms with van der Waals surface area (Å²) in [5, 5.41) is 4.42. The van der Waals surface area contributed by atoms with Gasteiger partial charge in [-0.15, -0.1) is 0 Å². The van der Waals surface area contributed by atoms with Crippen LogP contribution in [0.2, 0.25) is 5.02 Å². The quantitative estimate of drug-likeness (QED) is 0.431. The predicted octanol–water partition coefficient (Wildman–Crippen LogP) is 6.74. The third kappa shape index (κ3) is 4.05. The van der Waals surface area contributed by atoms with Crippen LogP contribution in [-0.2, 0) is 11.0 Å². The maximum absolute atomic E-state index is 14.0. The highest BCUT2D eigenvalue weighted by Gasteiger charge is 2.39. The summed E-state index contributed by atoms with van der Waals surface area (Å²) >= 11 is 5.99. The van der Waals surface area contributed by atoms with Gasteiger partial charge in [0.1, 0.15) is 0 Å². The van der Waals surface area contributed by atoms with Crippen LogP contribution in [-0.4, -0.2) is 15.6 Å². The molecule has 1 heterocycles. The van der Waals surface area contributed by atoms with E-state index < -0.39 is 11.9 Å². The molecule has 3 aromatic rings. The van der Waals surface area contributed by atoms with E-state index in [-0.39, 0.29) is 17.0 Å². The first-order valence-electron chi connectivity index (χ1n) is 9.60. The van der Waals surface area contributed by atoms with Crippen LogP contribution in [0.25, 0.3) is 23.0 Å². The van der Waals surface area contributed by atoms with Crippen molar-refractivity contribution in [2.45, 2.75) is 31.9 Å². The number of para-hydroxylation sites is 1. The van der Waals surface area contributed by atoms with Crippen LogP contribution in [0, 0.1) is 0 Å². The average Bonchev–Trinajstić information content (AvgIpc) is 3.11. The minimum Gasteiger partial charge on any atom is -0.295 e. The highest BCUT2D eigenvalue weighted by atomic mass is 35.5. The molecule has 1 fully saturated rings. The van der Waals surface area contributed by atoms with Crippen molar-refractivity contribution in [2.24, 2.45) is 0 Å². The third-order valence-corrected chi connectivity index (χ3v) is 5.34. The van der Waals surface area contributed by atoms with E-state index in [2.05, 4.69) is 5.10 Å². The van der Waals surface area contributed by atoms with Gasteiger partial charge in [0.15, 0.2) is 11.5 Å². The Kier molecular flexibility index (Phi) is 5.52. The maximum atomic E-state index is 14.0. The molecule has 4 rings (SSSR count). The van der Waals surface area contributed by atoms with Gasteiger partial charge in [0, 0.05) is 22.6 Å². The lowest BCUT2D eigenvalue weighted by Gasteiger charge is -2.14. The molecule has 2 aromatic carbocycles. The zero-order valence-corrected chi connectivity index (χ0v) is 16.7. The Bertz CT molecular complexity index is 1100. The number of nitrogens with zero attached hydrogens (tertiary/aromatic N) is 2. The minimum absolute atomic E-state index is 0.0982. The highest BCUT2D eigenvalue weighted by molar-refractivity contribution is 6.30. The summed E-state index contributed by atoms with van der Waals surface area (Å²) < 4.78 is 43.2. The van der Waals surface area contributed by atoms with Crippen molar-refractivity contribution < 1.29 is 18.0 Å². The van der Waals surface area contributed by atoms with Crippen LogP contribution >= 0.6 is 11.6 Å². The molecule has 1 aliphatic carbocycles. The Balaban J connectivity index is 2.03. The van der Waals surface area contributed by atoms with Crippen molar-refractivity contribution in [1.82, 2.24) is 9.78 Å². The van der Waals surface area contributed by atoms with Gasteiger partial charge in [-0.3, -0.25) is 4.79 Å². The van der Waals surface area contributed by atoms with Gasteiger partial charge in [0.05, 0.1) is 11.4 Å². The number of benzene rings is 2. The fraction of sp³-hybridized carbons (Fsp3) is 0.217. The van der Waals surface area contributed by atoms with Crippen LogP contribution in [0.5, 0.6) is 0 Å². The lowest BCUT2D eigenvalue weighted by Crippen LogP contribution is -2.11. The summed E-state index contributed by atoms with van der Waals surface area (Å²) in [4.78, 5) is 12.3. The maximum Gasteiger partial charge on any atom is 0.435 e. The lowest BCUT2D eigenvalue weighted by atomic mass is 9.91. The molecule has 1 aromatic heterocycles. The second-order valence-electron chi connectivity index (χ2n) is 7.16. The molecule has 0 radical (unpaired) electrons. The molecule has 1 saturated carbocycles. The van der Waals surface area contributed by atoms with Gasteiger partial charge in [-0.05, 0) is 55.2 Å². The van der Waals surface area contributed by atoms with E-state index >= 15 is 0 Å². The fourth-order valence-electron chi connectivity index (χ4n) is 3.65. The van der Waals surface area contributed by atoms with E-state index in [4.69, 9.17) is 11.6 Å². The number of halogens is 4. The number of carbonyl (C=O) groups excluding carboxylic acids is 1. The number of ketones is 1. The predicted molar refractivity (Wildman–Crippen MR) is 110 cm³/mol. The largest absolute Gasteiger partial charge is 0.435 e. The smallest absolute Gasteiger partial charge is 0.295 e. The van der Waals surface area contributed by atoms with Crippen molar-refractivity contribution in [3.05, 3.63) is 76.5 Å². The Morgan fingerprint density at radius 3 is 2.27 bits per heavy atom. The minimum atomic E-state index is -4.68. The number of Topliss-reactive ketones (excluding diaryl/α,β-unsaturated/α-hetero) is 1. The zero-order valence-electron chi connectivity index (χ0n) is 15.9. The summed E-state index contributed by atoms with van der Waals surface area (Å²) in [5.41, 5.74) is 0.598. The van der Waals surface area contributed by atoms with Crippen molar-refractivity contribution in [3.63, 3.8) is 0 Å². The number of rotatable bonds is 3. The molecule has 30 heavy (non-hydrogen) atoms. The Morgan fingerprint density at radius 1 is 0.967 bits per heavy atom. The number of carbonyl (C=O) groups is 1. The van der Waals surface area contributed by atoms with Crippen LogP contribution < -0.4 is 0 Å². The highest BCUT2D eigenvalue weighted by Crippen LogP contribution is 2.40. The number of alkyl halides is 3. The zero-order chi connectivity index (χ0) is 21.3. The Labute approximate surface area is 176 Å². The molecule has 1 aliphatic rings. The molecular weight excluding hydrogens is 413 g/mol.